The van der Waals surface area contributed by atoms with Gasteiger partial charge in [-0.3, -0.25) is 4.79 Å². The molecule has 0 bridgehead atoms. The van der Waals surface area contributed by atoms with Crippen molar-refractivity contribution in [2.24, 2.45) is 0 Å². The third kappa shape index (κ3) is 3.14. The summed E-state index contributed by atoms with van der Waals surface area (Å²) in [5, 5.41) is 9.36. The van der Waals surface area contributed by atoms with E-state index in [4.69, 9.17) is 11.6 Å². The standard InChI is InChI=1S/C16H19ClN4O/c1-12-15(16(22)20-9-4-2-3-5-10-20)19-21(18-12)14-8-6-7-13(17)11-14/h6-8,11H,2-5,9-10H2,1H3. The number of carbonyl (C=O) groups excluding carboxylic acids is 1. The molecule has 1 aliphatic heterocycles. The molecule has 1 saturated heterocycles. The van der Waals surface area contributed by atoms with Gasteiger partial charge in [0, 0.05) is 18.1 Å². The second-order valence-electron chi connectivity index (χ2n) is 5.61. The Kier molecular flexibility index (Phi) is 4.43. The van der Waals surface area contributed by atoms with E-state index in [2.05, 4.69) is 10.2 Å². The molecule has 2 heterocycles. The molecule has 1 aromatic carbocycles. The minimum atomic E-state index is -0.0207. The molecule has 0 unspecified atom stereocenters. The van der Waals surface area contributed by atoms with E-state index in [0.717, 1.165) is 31.6 Å². The van der Waals surface area contributed by atoms with Gasteiger partial charge in [-0.2, -0.15) is 9.90 Å². The van der Waals surface area contributed by atoms with Gasteiger partial charge < -0.3 is 4.90 Å². The maximum atomic E-state index is 12.7. The monoisotopic (exact) mass is 318 g/mol. The Balaban J connectivity index is 1.87. The molecule has 1 fully saturated rings. The first-order valence-electron chi connectivity index (χ1n) is 7.64. The van der Waals surface area contributed by atoms with Crippen LogP contribution < -0.4 is 0 Å². The number of benzene rings is 1. The largest absolute Gasteiger partial charge is 0.337 e. The molecule has 1 amide bonds. The van der Waals surface area contributed by atoms with Crippen molar-refractivity contribution in [2.75, 3.05) is 13.1 Å². The molecule has 0 atom stereocenters. The van der Waals surface area contributed by atoms with Gasteiger partial charge >= 0.3 is 0 Å². The maximum Gasteiger partial charge on any atom is 0.276 e. The van der Waals surface area contributed by atoms with Crippen molar-refractivity contribution < 1.29 is 4.79 Å². The molecular formula is C16H19ClN4O. The molecular weight excluding hydrogens is 300 g/mol. The van der Waals surface area contributed by atoms with Gasteiger partial charge in [0.2, 0.25) is 0 Å². The van der Waals surface area contributed by atoms with Gasteiger partial charge in [-0.1, -0.05) is 30.5 Å². The lowest BCUT2D eigenvalue weighted by molar-refractivity contribution is 0.0754. The van der Waals surface area contributed by atoms with Crippen molar-refractivity contribution in [2.45, 2.75) is 32.6 Å². The highest BCUT2D eigenvalue weighted by Crippen LogP contribution is 2.17. The summed E-state index contributed by atoms with van der Waals surface area (Å²) in [7, 11) is 0. The van der Waals surface area contributed by atoms with Crippen LogP contribution in [0.15, 0.2) is 24.3 Å². The van der Waals surface area contributed by atoms with E-state index >= 15 is 0 Å². The average molecular weight is 319 g/mol. The second-order valence-corrected chi connectivity index (χ2v) is 6.05. The Bertz CT molecular complexity index is 675. The van der Waals surface area contributed by atoms with Crippen molar-refractivity contribution in [3.63, 3.8) is 0 Å². The third-order valence-corrected chi connectivity index (χ3v) is 4.15. The number of carbonyl (C=O) groups is 1. The van der Waals surface area contributed by atoms with Crippen LogP contribution >= 0.6 is 11.6 Å². The lowest BCUT2D eigenvalue weighted by atomic mass is 10.2. The Morgan fingerprint density at radius 1 is 1.14 bits per heavy atom. The fourth-order valence-corrected chi connectivity index (χ4v) is 2.90. The summed E-state index contributed by atoms with van der Waals surface area (Å²) in [5.41, 5.74) is 1.83. The van der Waals surface area contributed by atoms with Crippen molar-refractivity contribution >= 4 is 17.5 Å². The SMILES string of the molecule is Cc1nn(-c2cccc(Cl)c2)nc1C(=O)N1CCCCCC1. The van der Waals surface area contributed by atoms with Gasteiger partial charge in [-0.25, -0.2) is 0 Å². The molecule has 1 aromatic heterocycles. The summed E-state index contributed by atoms with van der Waals surface area (Å²) in [6, 6.07) is 7.28. The number of aromatic nitrogens is 3. The molecule has 6 heteroatoms. The van der Waals surface area contributed by atoms with Gasteiger partial charge in [0.25, 0.3) is 5.91 Å². The molecule has 2 aromatic rings. The minimum absolute atomic E-state index is 0.0207. The van der Waals surface area contributed by atoms with Crippen molar-refractivity contribution in [1.29, 1.82) is 0 Å². The summed E-state index contributed by atoms with van der Waals surface area (Å²) in [4.78, 5) is 16.0. The topological polar surface area (TPSA) is 51.0 Å². The summed E-state index contributed by atoms with van der Waals surface area (Å²) < 4.78 is 0. The lowest BCUT2D eigenvalue weighted by Gasteiger charge is -2.18. The van der Waals surface area contributed by atoms with E-state index in [0.29, 0.717) is 16.4 Å². The second kappa shape index (κ2) is 6.48. The number of hydrogen-bond donors (Lipinski definition) is 0. The highest BCUT2D eigenvalue weighted by molar-refractivity contribution is 6.30. The van der Waals surface area contributed by atoms with Gasteiger partial charge in [0.15, 0.2) is 5.69 Å². The predicted octanol–water partition coefficient (Wildman–Crippen LogP) is 3.25. The van der Waals surface area contributed by atoms with Crippen LogP contribution in [-0.4, -0.2) is 38.9 Å². The Morgan fingerprint density at radius 2 is 1.86 bits per heavy atom. The maximum absolute atomic E-state index is 12.7. The van der Waals surface area contributed by atoms with Crippen LogP contribution in [0.1, 0.15) is 41.9 Å². The minimum Gasteiger partial charge on any atom is -0.337 e. The molecule has 3 rings (SSSR count). The van der Waals surface area contributed by atoms with Crippen LogP contribution in [-0.2, 0) is 0 Å². The first-order valence-corrected chi connectivity index (χ1v) is 8.02. The zero-order valence-electron chi connectivity index (χ0n) is 12.6. The van der Waals surface area contributed by atoms with Crippen molar-refractivity contribution in [3.8, 4) is 5.69 Å². The van der Waals surface area contributed by atoms with Gasteiger partial charge in [-0.15, -0.1) is 5.10 Å². The lowest BCUT2D eigenvalue weighted by Crippen LogP contribution is -2.32. The zero-order valence-corrected chi connectivity index (χ0v) is 13.4. The smallest absolute Gasteiger partial charge is 0.276 e. The van der Waals surface area contributed by atoms with E-state index in [9.17, 15) is 4.79 Å². The molecule has 22 heavy (non-hydrogen) atoms. The molecule has 116 valence electrons. The normalized spacial score (nSPS) is 15.6. The third-order valence-electron chi connectivity index (χ3n) is 3.92. The van der Waals surface area contributed by atoms with Crippen molar-refractivity contribution in [1.82, 2.24) is 19.9 Å². The Hall–Kier alpha value is -1.88. The fourth-order valence-electron chi connectivity index (χ4n) is 2.72. The number of nitrogens with zero attached hydrogens (tertiary/aromatic N) is 4. The molecule has 5 nitrogen and oxygen atoms in total. The Morgan fingerprint density at radius 3 is 2.55 bits per heavy atom. The molecule has 0 saturated carbocycles. The zero-order chi connectivity index (χ0) is 15.5. The number of aryl methyl sites for hydroxylation is 1. The average Bonchev–Trinajstić information content (AvgIpc) is 2.73. The summed E-state index contributed by atoms with van der Waals surface area (Å²) in [6.45, 7) is 3.43. The van der Waals surface area contributed by atoms with Crippen LogP contribution in [0, 0.1) is 6.92 Å². The van der Waals surface area contributed by atoms with Crippen molar-refractivity contribution in [3.05, 3.63) is 40.7 Å². The number of hydrogen-bond acceptors (Lipinski definition) is 3. The number of halogens is 1. The molecule has 0 aliphatic carbocycles. The molecule has 0 radical (unpaired) electrons. The highest BCUT2D eigenvalue weighted by Gasteiger charge is 2.23. The molecule has 0 N–H and O–H groups in total. The van der Waals surface area contributed by atoms with Crippen LogP contribution in [0.4, 0.5) is 0 Å². The molecule has 0 spiro atoms. The van der Waals surface area contributed by atoms with Crippen LogP contribution in [0.2, 0.25) is 5.02 Å². The summed E-state index contributed by atoms with van der Waals surface area (Å²) in [5.74, 6) is -0.0207. The van der Waals surface area contributed by atoms with E-state index in [1.54, 1.807) is 12.1 Å². The van der Waals surface area contributed by atoms with E-state index < -0.39 is 0 Å². The summed E-state index contributed by atoms with van der Waals surface area (Å²) >= 11 is 6.00. The highest BCUT2D eigenvalue weighted by atomic mass is 35.5. The fraction of sp³-hybridized carbons (Fsp3) is 0.438. The Labute approximate surface area is 134 Å². The first kappa shape index (κ1) is 15.0. The predicted molar refractivity (Wildman–Crippen MR) is 85.5 cm³/mol. The van der Waals surface area contributed by atoms with Crippen LogP contribution in [0.25, 0.3) is 5.69 Å². The number of rotatable bonds is 2. The van der Waals surface area contributed by atoms with Gasteiger partial charge in [-0.05, 0) is 38.0 Å². The van der Waals surface area contributed by atoms with E-state index in [1.165, 1.54) is 17.6 Å². The van der Waals surface area contributed by atoms with Gasteiger partial charge in [0.05, 0.1) is 11.4 Å². The number of amides is 1. The van der Waals surface area contributed by atoms with E-state index in [-0.39, 0.29) is 5.91 Å². The van der Waals surface area contributed by atoms with Crippen LogP contribution in [0.3, 0.4) is 0 Å². The van der Waals surface area contributed by atoms with Crippen LogP contribution in [0.5, 0.6) is 0 Å². The van der Waals surface area contributed by atoms with E-state index in [1.807, 2.05) is 24.0 Å². The quantitative estimate of drug-likeness (QED) is 0.854. The van der Waals surface area contributed by atoms with Gasteiger partial charge in [0.1, 0.15) is 0 Å². The molecule has 1 aliphatic rings. The number of likely N-dealkylation sites (tertiary alicyclic amines) is 1. The first-order chi connectivity index (χ1) is 10.6. The summed E-state index contributed by atoms with van der Waals surface area (Å²) in [6.07, 6.45) is 4.51.